The third kappa shape index (κ3) is 6.45. The van der Waals surface area contributed by atoms with Crippen LogP contribution >= 0.6 is 0 Å². The molecule has 5 rings (SSSR count). The molecule has 2 N–H and O–H groups in total. The van der Waals surface area contributed by atoms with E-state index >= 15 is 4.79 Å². The first-order chi connectivity index (χ1) is 26.9. The van der Waals surface area contributed by atoms with E-state index in [0.717, 1.165) is 18.1 Å². The maximum Gasteiger partial charge on any atom is 0.338 e. The van der Waals surface area contributed by atoms with Crippen molar-refractivity contribution in [2.24, 2.45) is 16.7 Å². The Balaban J connectivity index is 1.94. The first-order valence-corrected chi connectivity index (χ1v) is 24.6. The number of Topliss-reactive ketones (excluding diaryl/α,β-unsaturated/α-hetero) is 1. The lowest BCUT2D eigenvalue weighted by Crippen LogP contribution is -2.82. The van der Waals surface area contributed by atoms with Crippen molar-refractivity contribution < 1.29 is 54.5 Å². The summed E-state index contributed by atoms with van der Waals surface area (Å²) in [6, 6.07) is 0.391. The van der Waals surface area contributed by atoms with Crippen molar-refractivity contribution in [1.29, 1.82) is 0 Å². The molecule has 1 aliphatic heterocycles. The molecule has 1 heterocycles. The molecular weight excluding hydrogens is 709 g/mol. The SMILES string of the molecule is [2H]c1c([2H])c([2H])c(C(=O)O[C@@H]2[C@H]3[C@@]4(OC(C)=O)CO[C@H]4C[C@@H](O[Si](CC)(CC)CC)[C@]3(C)C(=O)[C@@H](O[Si](CC)(CC)CC)C3=C(C)[C@H](O)C[C@@]2(O)C3(C)C)c([2H])c1[2H]. The molecule has 0 radical (unpaired) electrons. The highest BCUT2D eigenvalue weighted by molar-refractivity contribution is 6.74. The maximum atomic E-state index is 16.4. The normalized spacial score (nSPS) is 36.6. The van der Waals surface area contributed by atoms with Gasteiger partial charge in [0, 0.05) is 25.2 Å². The summed E-state index contributed by atoms with van der Waals surface area (Å²) in [5, 5.41) is 25.7. The molecule has 0 aromatic heterocycles. The molecule has 2 saturated carbocycles. The number of hydrogen-bond acceptors (Lipinski definition) is 10. The van der Waals surface area contributed by atoms with Gasteiger partial charge in [-0.15, -0.1) is 0 Å². The van der Waals surface area contributed by atoms with Crippen LogP contribution in [0.4, 0.5) is 0 Å². The van der Waals surface area contributed by atoms with Crippen LogP contribution in [0.2, 0.25) is 36.3 Å². The predicted octanol–water partition coefficient (Wildman–Crippen LogP) is 7.14. The number of ketones is 1. The third-order valence-corrected chi connectivity index (χ3v) is 23.5. The Bertz CT molecular complexity index is 1810. The lowest BCUT2D eigenvalue weighted by Gasteiger charge is -2.68. The van der Waals surface area contributed by atoms with Gasteiger partial charge in [-0.2, -0.15) is 0 Å². The lowest BCUT2D eigenvalue weighted by atomic mass is 9.44. The smallest absolute Gasteiger partial charge is 0.338 e. The number of ether oxygens (including phenoxy) is 3. The van der Waals surface area contributed by atoms with Gasteiger partial charge in [0.25, 0.3) is 0 Å². The number of aliphatic hydroxyl groups excluding tert-OH is 1. The predicted molar refractivity (Wildman–Crippen MR) is 207 cm³/mol. The van der Waals surface area contributed by atoms with Gasteiger partial charge in [0.1, 0.15) is 23.9 Å². The molecule has 12 heteroatoms. The summed E-state index contributed by atoms with van der Waals surface area (Å²) in [7, 11) is -5.25. The number of esters is 2. The van der Waals surface area contributed by atoms with Crippen molar-refractivity contribution in [2.45, 2.75) is 167 Å². The summed E-state index contributed by atoms with van der Waals surface area (Å²) in [6.07, 6.45) is -6.43. The van der Waals surface area contributed by atoms with Crippen LogP contribution in [0.15, 0.2) is 41.4 Å². The summed E-state index contributed by atoms with van der Waals surface area (Å²) in [5.74, 6) is -3.86. The van der Waals surface area contributed by atoms with Crippen molar-refractivity contribution in [1.82, 2.24) is 0 Å². The third-order valence-electron chi connectivity index (χ3n) is 14.2. The zero-order valence-corrected chi connectivity index (χ0v) is 35.5. The number of carbonyl (C=O) groups excluding carboxylic acids is 3. The van der Waals surface area contributed by atoms with Crippen LogP contribution in [0.5, 0.6) is 0 Å². The van der Waals surface area contributed by atoms with Crippen molar-refractivity contribution >= 4 is 34.4 Å². The fourth-order valence-corrected chi connectivity index (χ4v) is 15.9. The molecule has 3 fully saturated rings. The molecule has 0 amide bonds. The van der Waals surface area contributed by atoms with Crippen molar-refractivity contribution in [3.05, 3.63) is 46.9 Å². The van der Waals surface area contributed by atoms with Gasteiger partial charge < -0.3 is 33.3 Å². The first kappa shape index (κ1) is 35.2. The standard InChI is InChI=1S/C41H64O10Si2/c1-12-52(13-2,14-3)50-30-23-31-40(25-47-31,49-27(8)42)34-36(48-37(45)28-21-19-18-20-22-28)41(46)24-29(43)26(7)32(38(41,9)10)33(35(44)39(30,34)11)51-53(15-4,16-5)17-6/h18-22,29-31,33-34,36,43,46H,12-17,23-25H2,1-11H3/t29-,30-,31+,33+,34-,36-,39+,40-,41+/m1/s1/i18D,19D,20D,21D,22D. The van der Waals surface area contributed by atoms with E-state index in [2.05, 4.69) is 20.8 Å². The molecule has 1 aromatic rings. The van der Waals surface area contributed by atoms with Crippen molar-refractivity contribution in [2.75, 3.05) is 6.61 Å². The van der Waals surface area contributed by atoms with E-state index in [1.165, 1.54) is 6.92 Å². The number of fused-ring (bicyclic) bond motifs is 5. The van der Waals surface area contributed by atoms with Crippen LogP contribution in [0, 0.1) is 16.7 Å². The fraction of sp³-hybridized carbons (Fsp3) is 0.732. The molecule has 1 aromatic carbocycles. The second-order valence-corrected chi connectivity index (χ2v) is 25.9. The Labute approximate surface area is 325 Å². The summed E-state index contributed by atoms with van der Waals surface area (Å²) >= 11 is 0. The molecule has 2 bridgehead atoms. The van der Waals surface area contributed by atoms with Crippen molar-refractivity contribution in [3.63, 3.8) is 0 Å². The average Bonchev–Trinajstić information content (AvgIpc) is 3.18. The molecule has 10 nitrogen and oxygen atoms in total. The van der Waals surface area contributed by atoms with Crippen LogP contribution in [0.3, 0.4) is 0 Å². The van der Waals surface area contributed by atoms with Crippen LogP contribution in [0.1, 0.15) is 106 Å². The Morgan fingerprint density at radius 1 is 0.943 bits per heavy atom. The van der Waals surface area contributed by atoms with Crippen LogP contribution in [0.25, 0.3) is 0 Å². The Hall–Kier alpha value is -2.20. The molecule has 9 atom stereocenters. The molecule has 296 valence electrons. The van der Waals surface area contributed by atoms with E-state index in [0.29, 0.717) is 29.3 Å². The van der Waals surface area contributed by atoms with E-state index in [9.17, 15) is 19.8 Å². The quantitative estimate of drug-likeness (QED) is 0.121. The van der Waals surface area contributed by atoms with Gasteiger partial charge in [0.05, 0.1) is 42.6 Å². The van der Waals surface area contributed by atoms with E-state index in [-0.39, 0.29) is 19.4 Å². The van der Waals surface area contributed by atoms with Gasteiger partial charge in [0.15, 0.2) is 28.0 Å². The number of aliphatic hydroxyl groups is 2. The van der Waals surface area contributed by atoms with Crippen molar-refractivity contribution in [3.8, 4) is 0 Å². The zero-order valence-electron chi connectivity index (χ0n) is 38.5. The van der Waals surface area contributed by atoms with Gasteiger partial charge in [-0.3, -0.25) is 9.59 Å². The number of benzene rings is 1. The van der Waals surface area contributed by atoms with E-state index in [1.54, 1.807) is 27.7 Å². The molecular formula is C41H64O10Si2. The summed E-state index contributed by atoms with van der Waals surface area (Å²) in [6.45, 7) is 20.2. The van der Waals surface area contributed by atoms with Gasteiger partial charge in [-0.1, -0.05) is 73.5 Å². The monoisotopic (exact) mass is 777 g/mol. The Morgan fingerprint density at radius 3 is 1.98 bits per heavy atom. The first-order valence-electron chi connectivity index (χ1n) is 22.0. The number of rotatable bonds is 13. The minimum atomic E-state index is -2.67. The molecule has 3 aliphatic carbocycles. The number of carbonyl (C=O) groups is 3. The highest BCUT2D eigenvalue weighted by Crippen LogP contribution is 2.65. The largest absolute Gasteiger partial charge is 0.455 e. The van der Waals surface area contributed by atoms with E-state index < -0.39 is 129 Å². The summed E-state index contributed by atoms with van der Waals surface area (Å²) in [5.41, 5.74) is -7.06. The van der Waals surface area contributed by atoms with Crippen LogP contribution < -0.4 is 0 Å². The van der Waals surface area contributed by atoms with Gasteiger partial charge in [0.2, 0.25) is 0 Å². The van der Waals surface area contributed by atoms with E-state index in [1.807, 2.05) is 20.8 Å². The minimum Gasteiger partial charge on any atom is -0.455 e. The molecule has 0 unspecified atom stereocenters. The maximum absolute atomic E-state index is 16.4. The lowest BCUT2D eigenvalue weighted by molar-refractivity contribution is -0.344. The van der Waals surface area contributed by atoms with E-state index in [4.69, 9.17) is 29.9 Å². The molecule has 53 heavy (non-hydrogen) atoms. The molecule has 0 spiro atoms. The van der Waals surface area contributed by atoms with Crippen LogP contribution in [-0.4, -0.2) is 92.9 Å². The Morgan fingerprint density at radius 2 is 1.49 bits per heavy atom. The Kier molecular flexibility index (Phi) is 10.00. The van der Waals surface area contributed by atoms with Gasteiger partial charge >= 0.3 is 11.9 Å². The second kappa shape index (κ2) is 15.0. The van der Waals surface area contributed by atoms with Gasteiger partial charge in [-0.05, 0) is 73.3 Å². The number of hydrogen-bond donors (Lipinski definition) is 2. The minimum absolute atomic E-state index is 0.137. The summed E-state index contributed by atoms with van der Waals surface area (Å²) in [4.78, 5) is 44.4. The van der Waals surface area contributed by atoms with Crippen LogP contribution in [-0.2, 0) is 32.7 Å². The molecule has 4 aliphatic rings. The highest BCUT2D eigenvalue weighted by atomic mass is 28.4. The topological polar surface area (TPSA) is 138 Å². The summed E-state index contributed by atoms with van der Waals surface area (Å²) < 4.78 is 75.7. The molecule has 1 saturated heterocycles. The zero-order chi connectivity index (χ0) is 43.7. The average molecular weight is 778 g/mol. The van der Waals surface area contributed by atoms with Gasteiger partial charge in [-0.25, -0.2) is 4.79 Å². The highest BCUT2D eigenvalue weighted by Gasteiger charge is 2.78. The second-order valence-electron chi connectivity index (χ2n) is 16.5. The fourth-order valence-electron chi connectivity index (χ4n) is 10.2.